The first-order valence-corrected chi connectivity index (χ1v) is 6.95. The molecule has 0 saturated carbocycles. The number of hydrogen-bond donors (Lipinski definition) is 2. The minimum absolute atomic E-state index is 0.0583. The zero-order valence-corrected chi connectivity index (χ0v) is 12.0. The van der Waals surface area contributed by atoms with Gasteiger partial charge < -0.3 is 10.6 Å². The molecule has 4 heteroatoms. The van der Waals surface area contributed by atoms with Crippen LogP contribution in [0.5, 0.6) is 0 Å². The van der Waals surface area contributed by atoms with Gasteiger partial charge in [0.2, 0.25) is 5.91 Å². The van der Waals surface area contributed by atoms with E-state index in [9.17, 15) is 4.79 Å². The minimum atomic E-state index is -0.378. The van der Waals surface area contributed by atoms with Gasteiger partial charge in [0.25, 0.3) is 0 Å². The van der Waals surface area contributed by atoms with Crippen LogP contribution in [0.4, 0.5) is 5.82 Å². The summed E-state index contributed by atoms with van der Waals surface area (Å²) in [6.07, 6.45) is 3.95. The van der Waals surface area contributed by atoms with Crippen LogP contribution in [0.1, 0.15) is 32.3 Å². The second kappa shape index (κ2) is 5.70. The summed E-state index contributed by atoms with van der Waals surface area (Å²) >= 11 is 0. The molecule has 19 heavy (non-hydrogen) atoms. The van der Waals surface area contributed by atoms with Crippen LogP contribution in [0.2, 0.25) is 0 Å². The van der Waals surface area contributed by atoms with Crippen LogP contribution in [-0.4, -0.2) is 24.0 Å². The fourth-order valence-corrected chi connectivity index (χ4v) is 2.54. The van der Waals surface area contributed by atoms with Crippen molar-refractivity contribution in [1.82, 2.24) is 10.3 Å². The van der Waals surface area contributed by atoms with Gasteiger partial charge in [-0.3, -0.25) is 4.79 Å². The van der Waals surface area contributed by atoms with Gasteiger partial charge in [-0.25, -0.2) is 4.98 Å². The van der Waals surface area contributed by atoms with Crippen molar-refractivity contribution in [3.8, 4) is 0 Å². The second-order valence-electron chi connectivity index (χ2n) is 5.89. The van der Waals surface area contributed by atoms with Crippen LogP contribution in [0.3, 0.4) is 0 Å². The first-order valence-electron chi connectivity index (χ1n) is 6.95. The summed E-state index contributed by atoms with van der Waals surface area (Å²) in [7, 11) is 0. The number of pyridine rings is 1. The third kappa shape index (κ3) is 3.13. The summed E-state index contributed by atoms with van der Waals surface area (Å²) in [5.41, 5.74) is 0.616. The minimum Gasteiger partial charge on any atom is -0.316 e. The highest BCUT2D eigenvalue weighted by molar-refractivity contribution is 5.94. The molecule has 104 valence electrons. The molecule has 1 aromatic heterocycles. The molecule has 2 N–H and O–H groups in total. The first-order chi connectivity index (χ1) is 9.01. The zero-order chi connectivity index (χ0) is 13.9. The lowest BCUT2D eigenvalue weighted by Gasteiger charge is -2.36. The van der Waals surface area contributed by atoms with E-state index in [0.717, 1.165) is 31.5 Å². The molecule has 4 nitrogen and oxygen atoms in total. The summed E-state index contributed by atoms with van der Waals surface area (Å²) in [6, 6.07) is 3.83. The van der Waals surface area contributed by atoms with Crippen LogP contribution in [0.25, 0.3) is 0 Å². The van der Waals surface area contributed by atoms with Crippen molar-refractivity contribution < 1.29 is 4.79 Å². The van der Waals surface area contributed by atoms with E-state index in [-0.39, 0.29) is 11.3 Å². The molecule has 2 rings (SSSR count). The van der Waals surface area contributed by atoms with E-state index >= 15 is 0 Å². The predicted molar refractivity (Wildman–Crippen MR) is 77.0 cm³/mol. The monoisotopic (exact) mass is 261 g/mol. The van der Waals surface area contributed by atoms with Gasteiger partial charge in [-0.1, -0.05) is 19.9 Å². The number of carbonyl (C=O) groups excluding carboxylic acids is 1. The van der Waals surface area contributed by atoms with E-state index in [0.29, 0.717) is 11.7 Å². The molecule has 1 saturated heterocycles. The fraction of sp³-hybridized carbons (Fsp3) is 0.600. The lowest BCUT2D eigenvalue weighted by molar-refractivity contribution is -0.127. The smallest absolute Gasteiger partial charge is 0.231 e. The molecule has 1 amide bonds. The average molecular weight is 261 g/mol. The number of nitrogens with zero attached hydrogens (tertiary/aromatic N) is 1. The van der Waals surface area contributed by atoms with Crippen LogP contribution >= 0.6 is 0 Å². The number of piperidine rings is 1. The molecule has 2 heterocycles. The van der Waals surface area contributed by atoms with Gasteiger partial charge in [0.1, 0.15) is 5.82 Å². The lowest BCUT2D eigenvalue weighted by Crippen LogP contribution is -2.45. The van der Waals surface area contributed by atoms with Crippen molar-refractivity contribution in [1.29, 1.82) is 0 Å². The number of amides is 1. The number of anilines is 1. The predicted octanol–water partition coefficient (Wildman–Crippen LogP) is 2.35. The molecule has 0 bridgehead atoms. The molecular formula is C15H23N3O. The van der Waals surface area contributed by atoms with E-state index < -0.39 is 0 Å². The van der Waals surface area contributed by atoms with E-state index in [1.165, 1.54) is 0 Å². The van der Waals surface area contributed by atoms with Crippen LogP contribution < -0.4 is 10.6 Å². The molecular weight excluding hydrogens is 238 g/mol. The Hall–Kier alpha value is -1.42. The molecule has 0 aliphatic carbocycles. The van der Waals surface area contributed by atoms with Crippen molar-refractivity contribution in [3.05, 3.63) is 23.9 Å². The molecule has 1 aromatic rings. The Kier molecular flexibility index (Phi) is 4.20. The van der Waals surface area contributed by atoms with Crippen molar-refractivity contribution in [2.45, 2.75) is 33.6 Å². The zero-order valence-electron chi connectivity index (χ0n) is 12.0. The molecule has 1 unspecified atom stereocenters. The Morgan fingerprint density at radius 2 is 2.32 bits per heavy atom. The third-order valence-electron chi connectivity index (χ3n) is 4.14. The van der Waals surface area contributed by atoms with E-state index in [1.54, 1.807) is 6.20 Å². The second-order valence-corrected chi connectivity index (χ2v) is 5.89. The highest BCUT2D eigenvalue weighted by atomic mass is 16.2. The van der Waals surface area contributed by atoms with Gasteiger partial charge in [0, 0.05) is 11.6 Å². The van der Waals surface area contributed by atoms with Gasteiger partial charge in [-0.05, 0) is 50.4 Å². The molecule has 1 aliphatic heterocycles. The van der Waals surface area contributed by atoms with E-state index in [1.807, 2.05) is 32.9 Å². The van der Waals surface area contributed by atoms with Crippen LogP contribution in [0, 0.1) is 18.3 Å². The maximum Gasteiger partial charge on any atom is 0.231 e. The summed E-state index contributed by atoms with van der Waals surface area (Å²) in [6.45, 7) is 7.99. The number of aryl methyl sites for hydroxylation is 1. The third-order valence-corrected chi connectivity index (χ3v) is 4.14. The molecule has 0 radical (unpaired) electrons. The lowest BCUT2D eigenvalue weighted by atomic mass is 9.74. The fourth-order valence-electron chi connectivity index (χ4n) is 2.54. The maximum atomic E-state index is 12.5. The normalized spacial score (nSPS) is 20.1. The van der Waals surface area contributed by atoms with Crippen molar-refractivity contribution >= 4 is 11.7 Å². The largest absolute Gasteiger partial charge is 0.316 e. The van der Waals surface area contributed by atoms with Gasteiger partial charge in [-0.2, -0.15) is 0 Å². The SMILES string of the molecule is Cc1cccnc1NC(=O)C(C)(C)C1CCCNC1. The van der Waals surface area contributed by atoms with Crippen molar-refractivity contribution in [2.24, 2.45) is 11.3 Å². The van der Waals surface area contributed by atoms with Gasteiger partial charge in [-0.15, -0.1) is 0 Å². The molecule has 1 aliphatic rings. The van der Waals surface area contributed by atoms with Crippen molar-refractivity contribution in [3.63, 3.8) is 0 Å². The topological polar surface area (TPSA) is 54.0 Å². The van der Waals surface area contributed by atoms with E-state index in [2.05, 4.69) is 15.6 Å². The number of rotatable bonds is 3. The van der Waals surface area contributed by atoms with Gasteiger partial charge in [0.05, 0.1) is 0 Å². The highest BCUT2D eigenvalue weighted by Gasteiger charge is 2.37. The average Bonchev–Trinajstić information content (AvgIpc) is 2.42. The summed E-state index contributed by atoms with van der Waals surface area (Å²) in [5.74, 6) is 1.11. The van der Waals surface area contributed by atoms with E-state index in [4.69, 9.17) is 0 Å². The number of hydrogen-bond acceptors (Lipinski definition) is 3. The summed E-state index contributed by atoms with van der Waals surface area (Å²) < 4.78 is 0. The number of aromatic nitrogens is 1. The highest BCUT2D eigenvalue weighted by Crippen LogP contribution is 2.33. The molecule has 1 fully saturated rings. The number of nitrogens with one attached hydrogen (secondary N) is 2. The quantitative estimate of drug-likeness (QED) is 0.878. The Bertz CT molecular complexity index is 450. The van der Waals surface area contributed by atoms with Crippen LogP contribution in [-0.2, 0) is 4.79 Å². The van der Waals surface area contributed by atoms with Crippen LogP contribution in [0.15, 0.2) is 18.3 Å². The summed E-state index contributed by atoms with van der Waals surface area (Å²) in [4.78, 5) is 16.7. The van der Waals surface area contributed by atoms with Crippen molar-refractivity contribution in [2.75, 3.05) is 18.4 Å². The summed E-state index contributed by atoms with van der Waals surface area (Å²) in [5, 5.41) is 6.35. The maximum absolute atomic E-state index is 12.5. The Morgan fingerprint density at radius 3 is 2.95 bits per heavy atom. The molecule has 0 aromatic carbocycles. The Labute approximate surface area is 115 Å². The Balaban J connectivity index is 2.08. The molecule has 0 spiro atoms. The standard InChI is InChI=1S/C15H23N3O/c1-11-6-4-9-17-13(11)18-14(19)15(2,3)12-7-5-8-16-10-12/h4,6,9,12,16H,5,7-8,10H2,1-3H3,(H,17,18,19). The van der Waals surface area contributed by atoms with Gasteiger partial charge in [0.15, 0.2) is 0 Å². The van der Waals surface area contributed by atoms with Gasteiger partial charge >= 0.3 is 0 Å². The first kappa shape index (κ1) is 14.0. The number of carbonyl (C=O) groups is 1. The Morgan fingerprint density at radius 1 is 1.53 bits per heavy atom. The molecule has 1 atom stereocenters.